The summed E-state index contributed by atoms with van der Waals surface area (Å²) < 4.78 is 0. The second kappa shape index (κ2) is 4.36. The summed E-state index contributed by atoms with van der Waals surface area (Å²) in [5.74, 6) is -0.185. The average molecular weight is 128 g/mol. The number of carbonyl (C=O) groups is 1. The summed E-state index contributed by atoms with van der Waals surface area (Å²) in [6.07, 6.45) is 2.75. The molecule has 0 aromatic carbocycles. The number of amides is 1. The van der Waals surface area contributed by atoms with E-state index in [1.807, 2.05) is 6.92 Å². The van der Waals surface area contributed by atoms with Crippen molar-refractivity contribution in [2.75, 3.05) is 0 Å². The van der Waals surface area contributed by atoms with Gasteiger partial charge in [-0.25, -0.2) is 0 Å². The van der Waals surface area contributed by atoms with Crippen LogP contribution in [0.2, 0.25) is 0 Å². The lowest BCUT2D eigenvalue weighted by Crippen LogP contribution is -2.20. The maximum Gasteiger partial charge on any atom is 0.220 e. The summed E-state index contributed by atoms with van der Waals surface area (Å²) in [4.78, 5) is 10.4. The molecule has 0 saturated carbocycles. The van der Waals surface area contributed by atoms with Gasteiger partial charge >= 0.3 is 0 Å². The molecule has 0 heterocycles. The van der Waals surface area contributed by atoms with Crippen LogP contribution in [0.3, 0.4) is 0 Å². The molecule has 0 aliphatic heterocycles. The van der Waals surface area contributed by atoms with Gasteiger partial charge in [0, 0.05) is 5.92 Å². The van der Waals surface area contributed by atoms with Gasteiger partial charge in [0.25, 0.3) is 0 Å². The predicted molar refractivity (Wildman–Crippen MR) is 37.6 cm³/mol. The van der Waals surface area contributed by atoms with Crippen LogP contribution >= 0.6 is 0 Å². The van der Waals surface area contributed by atoms with Crippen molar-refractivity contribution < 1.29 is 4.79 Å². The van der Waals surface area contributed by atoms with Gasteiger partial charge in [-0.3, -0.25) is 4.79 Å². The van der Waals surface area contributed by atoms with E-state index in [0.29, 0.717) is 0 Å². The number of rotatable bonds is 4. The molecule has 9 heavy (non-hydrogen) atoms. The van der Waals surface area contributed by atoms with Gasteiger partial charge in [-0.1, -0.05) is 26.7 Å². The number of hydrogen-bond donors (Lipinski definition) is 1. The predicted octanol–water partition coefficient (Wildman–Crippen LogP) is 1.11. The van der Waals surface area contributed by atoms with Crippen molar-refractivity contribution in [3.63, 3.8) is 0 Å². The summed E-state index contributed by atoms with van der Waals surface area (Å²) in [6, 6.07) is 0. The van der Waals surface area contributed by atoms with Crippen molar-refractivity contribution in [1.82, 2.24) is 0 Å². The molecule has 1 unspecified atom stereocenters. The van der Waals surface area contributed by atoms with Gasteiger partial charge < -0.3 is 5.73 Å². The zero-order chi connectivity index (χ0) is 7.28. The molecule has 0 saturated heterocycles. The fraction of sp³-hybridized carbons (Fsp3) is 0.714. The Morgan fingerprint density at radius 1 is 1.78 bits per heavy atom. The second-order valence-electron chi connectivity index (χ2n) is 2.30. The van der Waals surface area contributed by atoms with E-state index in [0.717, 1.165) is 19.3 Å². The Morgan fingerprint density at radius 3 is 2.67 bits per heavy atom. The zero-order valence-electron chi connectivity index (χ0n) is 5.89. The second-order valence-corrected chi connectivity index (χ2v) is 2.30. The SMILES string of the molecule is [CH2]CCCC(C)C(N)=O. The Labute approximate surface area is 56.4 Å². The lowest BCUT2D eigenvalue weighted by molar-refractivity contribution is -0.121. The largest absolute Gasteiger partial charge is 0.369 e. The summed E-state index contributed by atoms with van der Waals surface area (Å²) in [5, 5.41) is 0. The Bertz CT molecular complexity index is 90.9. The fourth-order valence-electron chi connectivity index (χ4n) is 0.593. The highest BCUT2D eigenvalue weighted by molar-refractivity contribution is 5.76. The van der Waals surface area contributed by atoms with Crippen molar-refractivity contribution >= 4 is 5.91 Å². The van der Waals surface area contributed by atoms with E-state index in [1.165, 1.54) is 0 Å². The van der Waals surface area contributed by atoms with Crippen molar-refractivity contribution in [3.8, 4) is 0 Å². The van der Waals surface area contributed by atoms with Crippen LogP contribution in [0.1, 0.15) is 26.2 Å². The molecule has 0 bridgehead atoms. The normalized spacial score (nSPS) is 13.1. The first-order valence-electron chi connectivity index (χ1n) is 3.27. The Hall–Kier alpha value is -0.530. The minimum Gasteiger partial charge on any atom is -0.369 e. The van der Waals surface area contributed by atoms with Crippen molar-refractivity contribution in [3.05, 3.63) is 6.92 Å². The molecule has 0 aromatic rings. The Balaban J connectivity index is 3.27. The van der Waals surface area contributed by atoms with E-state index in [2.05, 4.69) is 6.92 Å². The van der Waals surface area contributed by atoms with Crippen molar-refractivity contribution in [2.45, 2.75) is 26.2 Å². The molecule has 0 spiro atoms. The molecule has 2 N–H and O–H groups in total. The first kappa shape index (κ1) is 8.47. The maximum absolute atomic E-state index is 10.4. The maximum atomic E-state index is 10.4. The van der Waals surface area contributed by atoms with E-state index in [1.54, 1.807) is 0 Å². The van der Waals surface area contributed by atoms with E-state index < -0.39 is 0 Å². The highest BCUT2D eigenvalue weighted by atomic mass is 16.1. The highest BCUT2D eigenvalue weighted by Gasteiger charge is 2.05. The Morgan fingerprint density at radius 2 is 2.33 bits per heavy atom. The number of unbranched alkanes of at least 4 members (excludes halogenated alkanes) is 1. The lowest BCUT2D eigenvalue weighted by Gasteiger charge is -2.03. The third-order valence-corrected chi connectivity index (χ3v) is 1.37. The molecule has 0 aromatic heterocycles. The molecule has 2 heteroatoms. The van der Waals surface area contributed by atoms with Crippen LogP contribution in [-0.2, 0) is 4.79 Å². The molecule has 2 nitrogen and oxygen atoms in total. The lowest BCUT2D eigenvalue weighted by atomic mass is 10.0. The quantitative estimate of drug-likeness (QED) is 0.605. The molecule has 0 aliphatic carbocycles. The van der Waals surface area contributed by atoms with E-state index in [-0.39, 0.29) is 11.8 Å². The third-order valence-electron chi connectivity index (χ3n) is 1.37. The third kappa shape index (κ3) is 4.01. The van der Waals surface area contributed by atoms with Crippen LogP contribution in [-0.4, -0.2) is 5.91 Å². The summed E-state index contributed by atoms with van der Waals surface area (Å²) in [6.45, 7) is 5.51. The van der Waals surface area contributed by atoms with Gasteiger partial charge in [-0.15, -0.1) is 0 Å². The summed E-state index contributed by atoms with van der Waals surface area (Å²) in [7, 11) is 0. The summed E-state index contributed by atoms with van der Waals surface area (Å²) >= 11 is 0. The van der Waals surface area contributed by atoms with Gasteiger partial charge in [-0.05, 0) is 6.42 Å². The number of primary amides is 1. The van der Waals surface area contributed by atoms with Crippen LogP contribution in [0.15, 0.2) is 0 Å². The Kier molecular flexibility index (Phi) is 4.10. The molecule has 1 amide bonds. The van der Waals surface area contributed by atoms with Crippen molar-refractivity contribution in [1.29, 1.82) is 0 Å². The monoisotopic (exact) mass is 128 g/mol. The van der Waals surface area contributed by atoms with Gasteiger partial charge in [0.05, 0.1) is 0 Å². The number of carbonyl (C=O) groups excluding carboxylic acids is 1. The first-order valence-corrected chi connectivity index (χ1v) is 3.27. The van der Waals surface area contributed by atoms with Crippen LogP contribution in [0.4, 0.5) is 0 Å². The molecular weight excluding hydrogens is 114 g/mol. The molecule has 0 aliphatic rings. The van der Waals surface area contributed by atoms with Gasteiger partial charge in [0.1, 0.15) is 0 Å². The van der Waals surface area contributed by atoms with Crippen LogP contribution in [0, 0.1) is 12.8 Å². The minimum absolute atomic E-state index is 0.0201. The molecule has 0 rings (SSSR count). The topological polar surface area (TPSA) is 43.1 Å². The van der Waals surface area contributed by atoms with Crippen LogP contribution in [0.5, 0.6) is 0 Å². The van der Waals surface area contributed by atoms with E-state index in [9.17, 15) is 4.79 Å². The van der Waals surface area contributed by atoms with Crippen LogP contribution in [0.25, 0.3) is 0 Å². The molecule has 1 radical (unpaired) electrons. The molecule has 0 fully saturated rings. The van der Waals surface area contributed by atoms with Gasteiger partial charge in [-0.2, -0.15) is 0 Å². The molecule has 53 valence electrons. The van der Waals surface area contributed by atoms with E-state index in [4.69, 9.17) is 5.73 Å². The average Bonchev–Trinajstić information content (AvgIpc) is 1.82. The number of nitrogens with two attached hydrogens (primary N) is 1. The minimum atomic E-state index is -0.205. The fourth-order valence-corrected chi connectivity index (χ4v) is 0.593. The van der Waals surface area contributed by atoms with Crippen molar-refractivity contribution in [2.24, 2.45) is 11.7 Å². The number of hydrogen-bond acceptors (Lipinski definition) is 1. The molecular formula is C7H14NO. The standard InChI is InChI=1S/C7H14NO/c1-3-4-5-6(2)7(8)9/h6H,1,3-5H2,2H3,(H2,8,9). The first-order chi connectivity index (χ1) is 4.18. The molecule has 1 atom stereocenters. The van der Waals surface area contributed by atoms with E-state index >= 15 is 0 Å². The van der Waals surface area contributed by atoms with Gasteiger partial charge in [0.15, 0.2) is 0 Å². The van der Waals surface area contributed by atoms with Gasteiger partial charge in [0.2, 0.25) is 5.91 Å². The smallest absolute Gasteiger partial charge is 0.220 e. The van der Waals surface area contributed by atoms with Crippen LogP contribution < -0.4 is 5.73 Å². The zero-order valence-corrected chi connectivity index (χ0v) is 5.89. The highest BCUT2D eigenvalue weighted by Crippen LogP contribution is 2.05. The summed E-state index contributed by atoms with van der Waals surface area (Å²) in [5.41, 5.74) is 5.02.